The normalized spacial score (nSPS) is 11.2. The Bertz CT molecular complexity index is 1200. The van der Waals surface area contributed by atoms with E-state index in [0.29, 0.717) is 36.4 Å². The highest BCUT2D eigenvalue weighted by atomic mass is 19.3. The van der Waals surface area contributed by atoms with E-state index in [1.807, 2.05) is 35.8 Å². The second-order valence-electron chi connectivity index (χ2n) is 6.87. The first kappa shape index (κ1) is 21.4. The van der Waals surface area contributed by atoms with Crippen LogP contribution in [0.2, 0.25) is 0 Å². The predicted octanol–water partition coefficient (Wildman–Crippen LogP) is 4.53. The van der Waals surface area contributed by atoms with E-state index in [9.17, 15) is 8.78 Å². The lowest BCUT2D eigenvalue weighted by atomic mass is 10.3. The molecule has 0 aliphatic carbocycles. The summed E-state index contributed by atoms with van der Waals surface area (Å²) >= 11 is 0. The zero-order valence-corrected chi connectivity index (χ0v) is 17.5. The molecule has 2 aromatic carbocycles. The van der Waals surface area contributed by atoms with Crippen LogP contribution >= 0.6 is 0 Å². The second kappa shape index (κ2) is 9.56. The lowest BCUT2D eigenvalue weighted by Crippen LogP contribution is -2.12. The number of hydrogen-bond donors (Lipinski definition) is 2. The van der Waals surface area contributed by atoms with Gasteiger partial charge in [-0.1, -0.05) is 12.1 Å². The van der Waals surface area contributed by atoms with Crippen molar-refractivity contribution >= 4 is 28.4 Å². The number of nitrogens with one attached hydrogen (secondary N) is 2. The van der Waals surface area contributed by atoms with Crippen LogP contribution in [0.3, 0.4) is 0 Å². The summed E-state index contributed by atoms with van der Waals surface area (Å²) in [6.07, 6.45) is 0. The fraction of sp³-hybridized carbons (Fsp3) is 0.227. The van der Waals surface area contributed by atoms with E-state index in [4.69, 9.17) is 4.74 Å². The Hall–Kier alpha value is -3.79. The quantitative estimate of drug-likeness (QED) is 0.370. The molecule has 2 aromatic heterocycles. The molecule has 0 unspecified atom stereocenters. The van der Waals surface area contributed by atoms with Gasteiger partial charge in [0.25, 0.3) is 0 Å². The number of ether oxygens (including phenoxy) is 2. The molecule has 0 aliphatic rings. The van der Waals surface area contributed by atoms with E-state index >= 15 is 0 Å². The van der Waals surface area contributed by atoms with Gasteiger partial charge in [0.2, 0.25) is 5.95 Å². The Morgan fingerprint density at radius 2 is 1.75 bits per heavy atom. The number of alkyl halides is 2. The van der Waals surface area contributed by atoms with Gasteiger partial charge in [0.15, 0.2) is 0 Å². The summed E-state index contributed by atoms with van der Waals surface area (Å²) < 4.78 is 36.1. The van der Waals surface area contributed by atoms with Gasteiger partial charge in [-0.3, -0.25) is 4.57 Å². The van der Waals surface area contributed by atoms with Crippen molar-refractivity contribution in [2.24, 2.45) is 0 Å². The van der Waals surface area contributed by atoms with Crippen LogP contribution < -0.4 is 15.4 Å². The van der Waals surface area contributed by atoms with Gasteiger partial charge in [0.05, 0.1) is 17.6 Å². The van der Waals surface area contributed by atoms with E-state index in [-0.39, 0.29) is 5.75 Å². The number of methoxy groups -OCH3 is 1. The minimum absolute atomic E-state index is 0.0800. The molecule has 4 rings (SSSR count). The van der Waals surface area contributed by atoms with Gasteiger partial charge >= 0.3 is 6.61 Å². The molecule has 0 atom stereocenters. The van der Waals surface area contributed by atoms with Crippen molar-refractivity contribution < 1.29 is 18.3 Å². The number of fused-ring (bicyclic) bond motifs is 1. The third-order valence-corrected chi connectivity index (χ3v) is 4.61. The molecule has 0 saturated heterocycles. The van der Waals surface area contributed by atoms with Crippen molar-refractivity contribution in [3.05, 3.63) is 60.4 Å². The van der Waals surface area contributed by atoms with Crippen LogP contribution in [0.5, 0.6) is 5.75 Å². The second-order valence-corrected chi connectivity index (χ2v) is 6.87. The van der Waals surface area contributed by atoms with Crippen LogP contribution in [0.4, 0.5) is 26.1 Å². The van der Waals surface area contributed by atoms with Gasteiger partial charge in [-0.2, -0.15) is 18.7 Å². The smallest absolute Gasteiger partial charge is 0.387 e. The summed E-state index contributed by atoms with van der Waals surface area (Å²) in [5, 5.41) is 6.41. The number of imidazole rings is 1. The van der Waals surface area contributed by atoms with Crippen molar-refractivity contribution in [2.75, 3.05) is 30.9 Å². The minimum atomic E-state index is -2.87. The zero-order chi connectivity index (χ0) is 22.5. The SMILES string of the molecule is COCCNc1cc(Nc2ccc(OC(F)F)cc2)nc(-n2c(C)nc3ccccc32)n1. The number of aromatic nitrogens is 4. The average Bonchev–Trinajstić information content (AvgIpc) is 3.10. The highest BCUT2D eigenvalue weighted by molar-refractivity contribution is 5.77. The molecular weight excluding hydrogens is 418 g/mol. The van der Waals surface area contributed by atoms with Crippen LogP contribution in [0.25, 0.3) is 17.0 Å². The molecular formula is C22H22F2N6O2. The maximum absolute atomic E-state index is 12.4. The Morgan fingerprint density at radius 1 is 1.00 bits per heavy atom. The van der Waals surface area contributed by atoms with Gasteiger partial charge in [-0.15, -0.1) is 0 Å². The molecule has 0 fully saturated rings. The van der Waals surface area contributed by atoms with Crippen molar-refractivity contribution in [3.63, 3.8) is 0 Å². The monoisotopic (exact) mass is 440 g/mol. The summed E-state index contributed by atoms with van der Waals surface area (Å²) in [5.74, 6) is 2.40. The van der Waals surface area contributed by atoms with E-state index in [1.165, 1.54) is 12.1 Å². The van der Waals surface area contributed by atoms with Crippen LogP contribution in [0, 0.1) is 6.92 Å². The Kier molecular flexibility index (Phi) is 6.41. The topological polar surface area (TPSA) is 86.1 Å². The molecule has 0 radical (unpaired) electrons. The van der Waals surface area contributed by atoms with Crippen molar-refractivity contribution in [1.82, 2.24) is 19.5 Å². The number of benzene rings is 2. The third-order valence-electron chi connectivity index (χ3n) is 4.61. The van der Waals surface area contributed by atoms with E-state index in [0.717, 1.165) is 16.9 Å². The molecule has 166 valence electrons. The Labute approximate surface area is 183 Å². The van der Waals surface area contributed by atoms with Gasteiger partial charge < -0.3 is 20.1 Å². The summed E-state index contributed by atoms with van der Waals surface area (Å²) in [4.78, 5) is 13.9. The fourth-order valence-corrected chi connectivity index (χ4v) is 3.24. The number of hydrogen-bond acceptors (Lipinski definition) is 7. The molecule has 0 saturated carbocycles. The largest absolute Gasteiger partial charge is 0.435 e. The number of rotatable bonds is 9. The van der Waals surface area contributed by atoms with E-state index in [2.05, 4.69) is 30.3 Å². The molecule has 32 heavy (non-hydrogen) atoms. The number of para-hydroxylation sites is 2. The van der Waals surface area contributed by atoms with Crippen molar-refractivity contribution in [3.8, 4) is 11.7 Å². The van der Waals surface area contributed by atoms with Crippen molar-refractivity contribution in [2.45, 2.75) is 13.5 Å². The maximum atomic E-state index is 12.4. The molecule has 2 N–H and O–H groups in total. The summed E-state index contributed by atoms with van der Waals surface area (Å²) in [7, 11) is 1.63. The standard InChI is InChI=1S/C22H22F2N6O2/c1-14-26-17-5-3-4-6-18(17)30(14)22-28-19(25-11-12-31-2)13-20(29-22)27-15-7-9-16(10-8-15)32-21(23)24/h3-10,13,21H,11-12H2,1-2H3,(H2,25,27,28,29). The summed E-state index contributed by atoms with van der Waals surface area (Å²) in [5.41, 5.74) is 2.39. The van der Waals surface area contributed by atoms with Gasteiger partial charge in [-0.05, 0) is 43.3 Å². The maximum Gasteiger partial charge on any atom is 0.387 e. The van der Waals surface area contributed by atoms with Crippen LogP contribution in [-0.2, 0) is 4.74 Å². The molecule has 0 spiro atoms. The fourth-order valence-electron chi connectivity index (χ4n) is 3.24. The average molecular weight is 440 g/mol. The Morgan fingerprint density at radius 3 is 2.50 bits per heavy atom. The molecule has 4 aromatic rings. The summed E-state index contributed by atoms with van der Waals surface area (Å²) in [6, 6.07) is 15.7. The highest BCUT2D eigenvalue weighted by Gasteiger charge is 2.14. The first-order chi connectivity index (χ1) is 15.5. The predicted molar refractivity (Wildman–Crippen MR) is 118 cm³/mol. The first-order valence-electron chi connectivity index (χ1n) is 9.92. The number of nitrogens with zero attached hydrogens (tertiary/aromatic N) is 4. The van der Waals surface area contributed by atoms with Crippen LogP contribution in [0.1, 0.15) is 5.82 Å². The van der Waals surface area contributed by atoms with E-state index < -0.39 is 6.61 Å². The van der Waals surface area contributed by atoms with Crippen molar-refractivity contribution in [1.29, 1.82) is 0 Å². The van der Waals surface area contributed by atoms with Gasteiger partial charge in [0, 0.05) is 25.4 Å². The first-order valence-corrected chi connectivity index (χ1v) is 9.92. The zero-order valence-electron chi connectivity index (χ0n) is 17.5. The molecule has 0 bridgehead atoms. The van der Waals surface area contributed by atoms with Crippen LogP contribution in [-0.4, -0.2) is 46.4 Å². The number of anilines is 3. The van der Waals surface area contributed by atoms with Gasteiger partial charge in [-0.25, -0.2) is 4.98 Å². The molecule has 0 aliphatic heterocycles. The number of aryl methyl sites for hydroxylation is 1. The van der Waals surface area contributed by atoms with Gasteiger partial charge in [0.1, 0.15) is 23.2 Å². The molecule has 10 heteroatoms. The minimum Gasteiger partial charge on any atom is -0.435 e. The van der Waals surface area contributed by atoms with Crippen LogP contribution in [0.15, 0.2) is 54.6 Å². The number of halogens is 2. The third kappa shape index (κ3) is 4.92. The molecule has 8 nitrogen and oxygen atoms in total. The van der Waals surface area contributed by atoms with E-state index in [1.54, 1.807) is 25.3 Å². The Balaban J connectivity index is 1.69. The summed E-state index contributed by atoms with van der Waals surface area (Å²) in [6.45, 7) is 0.104. The highest BCUT2D eigenvalue weighted by Crippen LogP contribution is 2.24. The lowest BCUT2D eigenvalue weighted by Gasteiger charge is -2.13. The molecule has 0 amide bonds. The molecule has 2 heterocycles. The lowest BCUT2D eigenvalue weighted by molar-refractivity contribution is -0.0498.